The van der Waals surface area contributed by atoms with Gasteiger partial charge >= 0.3 is 0 Å². The van der Waals surface area contributed by atoms with Crippen LogP contribution in [0.3, 0.4) is 0 Å². The van der Waals surface area contributed by atoms with Gasteiger partial charge in [0.25, 0.3) is 0 Å². The van der Waals surface area contributed by atoms with Gasteiger partial charge < -0.3 is 15.5 Å². The fourth-order valence-corrected chi connectivity index (χ4v) is 2.30. The molecule has 4 heteroatoms. The van der Waals surface area contributed by atoms with Crippen molar-refractivity contribution < 1.29 is 10.2 Å². The minimum Gasteiger partial charge on any atom is -0.394 e. The smallest absolute Gasteiger partial charge is 0.0895 e. The average Bonchev–Trinajstić information content (AvgIpc) is 2.76. The molecule has 0 fully saturated rings. The molecule has 0 aliphatic rings. The molecule has 3 N–H and O–H groups in total. The molecule has 1 rings (SSSR count). The summed E-state index contributed by atoms with van der Waals surface area (Å²) >= 11 is 1.72. The summed E-state index contributed by atoms with van der Waals surface area (Å²) in [6.45, 7) is 2.40. The van der Waals surface area contributed by atoms with Crippen LogP contribution in [0.15, 0.2) is 17.5 Å². The molecule has 2 atom stereocenters. The lowest BCUT2D eigenvalue weighted by Crippen LogP contribution is -2.32. The Kier molecular flexibility index (Phi) is 5.86. The van der Waals surface area contributed by atoms with Gasteiger partial charge in [-0.3, -0.25) is 0 Å². The third-order valence-electron chi connectivity index (χ3n) is 2.27. The van der Waals surface area contributed by atoms with Gasteiger partial charge in [0.2, 0.25) is 0 Å². The number of aliphatic hydroxyl groups excluding tert-OH is 2. The van der Waals surface area contributed by atoms with Crippen molar-refractivity contribution in [1.29, 1.82) is 0 Å². The Morgan fingerprint density at radius 1 is 1.53 bits per heavy atom. The molecule has 0 saturated carbocycles. The maximum Gasteiger partial charge on any atom is 0.0895 e. The van der Waals surface area contributed by atoms with E-state index in [1.807, 2.05) is 6.07 Å². The highest BCUT2D eigenvalue weighted by molar-refractivity contribution is 7.10. The van der Waals surface area contributed by atoms with Crippen molar-refractivity contribution in [2.75, 3.05) is 13.2 Å². The van der Waals surface area contributed by atoms with Crippen LogP contribution in [0.1, 0.15) is 30.7 Å². The van der Waals surface area contributed by atoms with Gasteiger partial charge in [0, 0.05) is 17.5 Å². The minimum absolute atomic E-state index is 0.184. The quantitative estimate of drug-likeness (QED) is 0.664. The molecule has 0 amide bonds. The summed E-state index contributed by atoms with van der Waals surface area (Å²) in [7, 11) is 0. The maximum atomic E-state index is 9.26. The van der Waals surface area contributed by atoms with Crippen molar-refractivity contribution in [1.82, 2.24) is 5.32 Å². The molecule has 1 unspecified atom stereocenters. The second kappa shape index (κ2) is 6.95. The van der Waals surface area contributed by atoms with E-state index in [0.717, 1.165) is 12.8 Å². The Balaban J connectivity index is 2.44. The van der Waals surface area contributed by atoms with E-state index in [4.69, 9.17) is 5.11 Å². The number of rotatable bonds is 7. The summed E-state index contributed by atoms with van der Waals surface area (Å²) < 4.78 is 0. The molecule has 1 aromatic heterocycles. The van der Waals surface area contributed by atoms with Crippen molar-refractivity contribution in [2.24, 2.45) is 0 Å². The van der Waals surface area contributed by atoms with Gasteiger partial charge in [0.1, 0.15) is 0 Å². The van der Waals surface area contributed by atoms with Gasteiger partial charge in [-0.05, 0) is 17.9 Å². The molecule has 0 radical (unpaired) electrons. The molecule has 3 nitrogen and oxygen atoms in total. The van der Waals surface area contributed by atoms with Crippen LogP contribution in [0.5, 0.6) is 0 Å². The molecule has 0 saturated heterocycles. The van der Waals surface area contributed by atoms with Crippen LogP contribution in [-0.2, 0) is 0 Å². The van der Waals surface area contributed by atoms with Crippen molar-refractivity contribution in [3.8, 4) is 0 Å². The van der Waals surface area contributed by atoms with Crippen molar-refractivity contribution >= 4 is 11.3 Å². The van der Waals surface area contributed by atoms with Gasteiger partial charge in [-0.2, -0.15) is 0 Å². The first-order valence-corrected chi connectivity index (χ1v) is 6.21. The number of hydrogen-bond acceptors (Lipinski definition) is 4. The lowest BCUT2D eigenvalue weighted by Gasteiger charge is -2.18. The molecular weight excluding hydrogens is 210 g/mol. The molecule has 1 heterocycles. The lowest BCUT2D eigenvalue weighted by atomic mass is 10.1. The van der Waals surface area contributed by atoms with Gasteiger partial charge in [-0.25, -0.2) is 0 Å². The van der Waals surface area contributed by atoms with Gasteiger partial charge in [0.15, 0.2) is 0 Å². The summed E-state index contributed by atoms with van der Waals surface area (Å²) in [5.74, 6) is 0. The summed E-state index contributed by atoms with van der Waals surface area (Å²) in [6.07, 6.45) is 1.49. The third-order valence-corrected chi connectivity index (χ3v) is 3.26. The number of nitrogens with one attached hydrogen (secondary N) is 1. The Morgan fingerprint density at radius 2 is 2.33 bits per heavy atom. The van der Waals surface area contributed by atoms with Gasteiger partial charge in [-0.1, -0.05) is 19.4 Å². The molecule has 0 bridgehead atoms. The SMILES string of the molecule is CCCC(NC[C@H](O)CO)c1cccs1. The number of thiophene rings is 1. The van der Waals surface area contributed by atoms with Crippen LogP contribution in [0.4, 0.5) is 0 Å². The zero-order valence-corrected chi connectivity index (χ0v) is 9.83. The highest BCUT2D eigenvalue weighted by atomic mass is 32.1. The van der Waals surface area contributed by atoms with E-state index >= 15 is 0 Å². The highest BCUT2D eigenvalue weighted by Crippen LogP contribution is 2.22. The lowest BCUT2D eigenvalue weighted by molar-refractivity contribution is 0.0916. The van der Waals surface area contributed by atoms with Crippen LogP contribution in [-0.4, -0.2) is 29.5 Å². The standard InChI is InChI=1S/C11H19NO2S/c1-2-4-10(11-5-3-6-15-11)12-7-9(14)8-13/h3,5-6,9-10,12-14H,2,4,7-8H2,1H3/t9-,10?/m0/s1. The summed E-state index contributed by atoms with van der Waals surface area (Å²) in [4.78, 5) is 1.29. The van der Waals surface area contributed by atoms with Crippen molar-refractivity contribution in [3.63, 3.8) is 0 Å². The van der Waals surface area contributed by atoms with E-state index in [-0.39, 0.29) is 6.61 Å². The maximum absolute atomic E-state index is 9.26. The van der Waals surface area contributed by atoms with E-state index in [1.165, 1.54) is 4.88 Å². The summed E-state index contributed by atoms with van der Waals surface area (Å²) in [5.41, 5.74) is 0. The normalized spacial score (nSPS) is 15.1. The average molecular weight is 229 g/mol. The minimum atomic E-state index is -0.663. The predicted octanol–water partition coefficient (Wildman–Crippen LogP) is 1.53. The fraction of sp³-hybridized carbons (Fsp3) is 0.636. The Hall–Kier alpha value is -0.420. The van der Waals surface area contributed by atoms with Crippen LogP contribution in [0.25, 0.3) is 0 Å². The van der Waals surface area contributed by atoms with Gasteiger partial charge in [-0.15, -0.1) is 11.3 Å². The van der Waals surface area contributed by atoms with Crippen LogP contribution in [0.2, 0.25) is 0 Å². The molecular formula is C11H19NO2S. The topological polar surface area (TPSA) is 52.5 Å². The van der Waals surface area contributed by atoms with Crippen LogP contribution in [0, 0.1) is 0 Å². The van der Waals surface area contributed by atoms with Crippen LogP contribution < -0.4 is 5.32 Å². The zero-order chi connectivity index (χ0) is 11.1. The monoisotopic (exact) mass is 229 g/mol. The zero-order valence-electron chi connectivity index (χ0n) is 9.02. The number of hydrogen-bond donors (Lipinski definition) is 3. The van der Waals surface area contributed by atoms with E-state index in [0.29, 0.717) is 12.6 Å². The predicted molar refractivity (Wildman–Crippen MR) is 63.1 cm³/mol. The molecule has 15 heavy (non-hydrogen) atoms. The first-order valence-electron chi connectivity index (χ1n) is 5.33. The molecule has 0 aromatic carbocycles. The highest BCUT2D eigenvalue weighted by Gasteiger charge is 2.12. The van der Waals surface area contributed by atoms with Gasteiger partial charge in [0.05, 0.1) is 12.7 Å². The fourth-order valence-electron chi connectivity index (χ4n) is 1.47. The molecule has 0 aliphatic carbocycles. The molecule has 86 valence electrons. The van der Waals surface area contributed by atoms with Crippen LogP contribution >= 0.6 is 11.3 Å². The second-order valence-corrected chi connectivity index (χ2v) is 4.58. The van der Waals surface area contributed by atoms with Crippen molar-refractivity contribution in [2.45, 2.75) is 31.9 Å². The Morgan fingerprint density at radius 3 is 2.87 bits per heavy atom. The van der Waals surface area contributed by atoms with E-state index < -0.39 is 6.10 Å². The molecule has 0 aliphatic heterocycles. The Labute approximate surface area is 94.8 Å². The Bertz CT molecular complexity index is 251. The molecule has 1 aromatic rings. The first-order chi connectivity index (χ1) is 7.27. The summed E-state index contributed by atoms with van der Waals surface area (Å²) in [5, 5.41) is 23.3. The largest absolute Gasteiger partial charge is 0.394 e. The van der Waals surface area contributed by atoms with E-state index in [2.05, 4.69) is 23.7 Å². The van der Waals surface area contributed by atoms with E-state index in [1.54, 1.807) is 11.3 Å². The first kappa shape index (κ1) is 12.6. The number of aliphatic hydroxyl groups is 2. The third kappa shape index (κ3) is 4.30. The van der Waals surface area contributed by atoms with E-state index in [9.17, 15) is 5.11 Å². The van der Waals surface area contributed by atoms with Crippen molar-refractivity contribution in [3.05, 3.63) is 22.4 Å². The summed E-state index contributed by atoms with van der Waals surface area (Å²) in [6, 6.07) is 4.44. The molecule has 0 spiro atoms. The second-order valence-electron chi connectivity index (χ2n) is 3.60.